The highest BCUT2D eigenvalue weighted by Gasteiger charge is 2.35. The molecule has 0 fully saturated rings. The molecular weight excluding hydrogens is 533 g/mol. The number of aromatic nitrogens is 1. The first kappa shape index (κ1) is 32.4. The highest BCUT2D eigenvalue weighted by atomic mass is 19.1. The average Bonchev–Trinajstić information content (AvgIpc) is 2.96. The van der Waals surface area contributed by atoms with Gasteiger partial charge < -0.3 is 15.7 Å². The normalized spacial score (nSPS) is 13.5. The Morgan fingerprint density at radius 1 is 0.857 bits per heavy atom. The maximum Gasteiger partial charge on any atom is 0.306 e. The molecule has 3 rings (SSSR count). The van der Waals surface area contributed by atoms with Crippen molar-refractivity contribution in [2.75, 3.05) is 5.32 Å². The zero-order chi connectivity index (χ0) is 30.7. The van der Waals surface area contributed by atoms with E-state index in [1.165, 1.54) is 12.1 Å². The molecule has 0 aliphatic carbocycles. The van der Waals surface area contributed by atoms with Gasteiger partial charge in [-0.25, -0.2) is 4.39 Å². The molecule has 0 aliphatic rings. The zero-order valence-corrected chi connectivity index (χ0v) is 24.9. The molecule has 7 nitrogen and oxygen atoms in total. The predicted molar refractivity (Wildman–Crippen MR) is 163 cm³/mol. The van der Waals surface area contributed by atoms with Crippen LogP contribution in [0.3, 0.4) is 0 Å². The van der Waals surface area contributed by atoms with Crippen LogP contribution in [0.2, 0.25) is 0 Å². The van der Waals surface area contributed by atoms with Crippen LogP contribution in [0.1, 0.15) is 65.4 Å². The summed E-state index contributed by atoms with van der Waals surface area (Å²) in [5, 5.41) is 15.7. The Balaban J connectivity index is 1.78. The first-order valence-corrected chi connectivity index (χ1v) is 14.6. The van der Waals surface area contributed by atoms with Gasteiger partial charge in [-0.1, -0.05) is 76.9 Å². The third-order valence-electron chi connectivity index (χ3n) is 7.47. The molecule has 224 valence electrons. The quantitative estimate of drug-likeness (QED) is 0.194. The fraction of sp³-hybridized carbons (Fsp3) is 0.412. The smallest absolute Gasteiger partial charge is 0.306 e. The summed E-state index contributed by atoms with van der Waals surface area (Å²) in [5.74, 6) is -3.13. The summed E-state index contributed by atoms with van der Waals surface area (Å²) in [5.41, 5.74) is 2.83. The molecule has 0 unspecified atom stereocenters. The fourth-order valence-corrected chi connectivity index (χ4v) is 4.92. The minimum Gasteiger partial charge on any atom is -0.481 e. The number of halogens is 1. The Kier molecular flexibility index (Phi) is 11.8. The molecule has 0 bridgehead atoms. The monoisotopic (exact) mass is 575 g/mol. The lowest BCUT2D eigenvalue weighted by Gasteiger charge is -2.32. The highest BCUT2D eigenvalue weighted by molar-refractivity contribution is 5.98. The van der Waals surface area contributed by atoms with E-state index in [0.717, 1.165) is 29.5 Å². The Labute approximate surface area is 248 Å². The van der Waals surface area contributed by atoms with Crippen LogP contribution in [0.25, 0.3) is 11.1 Å². The standard InChI is InChI=1S/C34H42FN3O4/c1-5-6-7-27(33(41)42)22-26(13-10-23-8-11-24(12-9-23)25-14-16-28(35)17-15-25)31(39)38-30(34(2,3)4)32(40)37-29-18-20-36-21-19-29/h8-9,11-12,14-21,26-27,30H,5-7,10,13,22H2,1-4H3,(H,38,39)(H,41,42)(H,36,37,40)/t26-,27+,30-/m1/s1. The number of amides is 2. The first-order valence-electron chi connectivity index (χ1n) is 14.6. The van der Waals surface area contributed by atoms with Crippen LogP contribution in [-0.2, 0) is 20.8 Å². The van der Waals surface area contributed by atoms with E-state index >= 15 is 0 Å². The molecule has 2 amide bonds. The van der Waals surface area contributed by atoms with Crippen LogP contribution in [0.15, 0.2) is 73.1 Å². The molecule has 0 spiro atoms. The number of nitrogens with one attached hydrogen (secondary N) is 2. The van der Waals surface area contributed by atoms with Crippen LogP contribution in [0.4, 0.5) is 10.1 Å². The van der Waals surface area contributed by atoms with Gasteiger partial charge in [-0.15, -0.1) is 0 Å². The van der Waals surface area contributed by atoms with Gasteiger partial charge in [0.1, 0.15) is 11.9 Å². The van der Waals surface area contributed by atoms with Crippen molar-refractivity contribution in [1.82, 2.24) is 10.3 Å². The van der Waals surface area contributed by atoms with Gasteiger partial charge in [0.2, 0.25) is 11.8 Å². The van der Waals surface area contributed by atoms with Crippen molar-refractivity contribution < 1.29 is 23.9 Å². The molecule has 0 saturated heterocycles. The molecule has 8 heteroatoms. The van der Waals surface area contributed by atoms with Gasteiger partial charge in [0, 0.05) is 24.0 Å². The molecule has 2 aromatic carbocycles. The van der Waals surface area contributed by atoms with E-state index < -0.39 is 29.3 Å². The third kappa shape index (κ3) is 9.79. The van der Waals surface area contributed by atoms with Crippen LogP contribution in [0.5, 0.6) is 0 Å². The first-order chi connectivity index (χ1) is 20.0. The minimum absolute atomic E-state index is 0.192. The summed E-state index contributed by atoms with van der Waals surface area (Å²) in [6, 6.07) is 16.7. The number of carboxylic acids is 1. The number of rotatable bonds is 14. The maximum atomic E-state index is 13.8. The number of carboxylic acid groups (broad SMARTS) is 1. The van der Waals surface area contributed by atoms with E-state index in [2.05, 4.69) is 15.6 Å². The topological polar surface area (TPSA) is 108 Å². The Morgan fingerprint density at radius 3 is 2.00 bits per heavy atom. The number of nitrogens with zero attached hydrogens (tertiary/aromatic N) is 1. The zero-order valence-electron chi connectivity index (χ0n) is 24.9. The molecule has 0 radical (unpaired) electrons. The van der Waals surface area contributed by atoms with Gasteiger partial charge in [0.15, 0.2) is 0 Å². The molecule has 3 N–H and O–H groups in total. The van der Waals surface area contributed by atoms with Crippen molar-refractivity contribution >= 4 is 23.5 Å². The summed E-state index contributed by atoms with van der Waals surface area (Å²) < 4.78 is 13.3. The number of hydrogen-bond donors (Lipinski definition) is 3. The molecule has 0 aliphatic heterocycles. The number of hydrogen-bond acceptors (Lipinski definition) is 4. The predicted octanol–water partition coefficient (Wildman–Crippen LogP) is 6.89. The number of anilines is 1. The van der Waals surface area contributed by atoms with E-state index in [0.29, 0.717) is 24.9 Å². The van der Waals surface area contributed by atoms with Crippen LogP contribution in [0, 0.1) is 23.1 Å². The van der Waals surface area contributed by atoms with Crippen molar-refractivity contribution in [2.24, 2.45) is 17.3 Å². The van der Waals surface area contributed by atoms with Crippen molar-refractivity contribution in [2.45, 2.75) is 72.3 Å². The van der Waals surface area contributed by atoms with E-state index in [-0.39, 0.29) is 24.1 Å². The average molecular weight is 576 g/mol. The van der Waals surface area contributed by atoms with Crippen molar-refractivity contribution in [3.8, 4) is 11.1 Å². The van der Waals surface area contributed by atoms with Gasteiger partial charge in [0.25, 0.3) is 0 Å². The van der Waals surface area contributed by atoms with E-state index in [1.807, 2.05) is 52.0 Å². The SMILES string of the molecule is CCCC[C@@H](C[C@@H](CCc1ccc(-c2ccc(F)cc2)cc1)C(=O)N[C@H](C(=O)Nc1ccncc1)C(C)(C)C)C(=O)O. The molecule has 3 atom stereocenters. The van der Waals surface area contributed by atoms with Gasteiger partial charge in [-0.2, -0.15) is 0 Å². The van der Waals surface area contributed by atoms with Crippen LogP contribution < -0.4 is 10.6 Å². The summed E-state index contributed by atoms with van der Waals surface area (Å²) in [6.07, 6.45) is 6.45. The lowest BCUT2D eigenvalue weighted by atomic mass is 9.83. The van der Waals surface area contributed by atoms with Crippen molar-refractivity contribution in [3.05, 3.63) is 84.4 Å². The molecule has 0 saturated carbocycles. The molecule has 42 heavy (non-hydrogen) atoms. The Bertz CT molecular complexity index is 1310. The fourth-order valence-electron chi connectivity index (χ4n) is 4.92. The second kappa shape index (κ2) is 15.2. The van der Waals surface area contributed by atoms with Crippen LogP contribution >= 0.6 is 0 Å². The summed E-state index contributed by atoms with van der Waals surface area (Å²) in [4.78, 5) is 43.1. The molecule has 1 aromatic heterocycles. The van der Waals surface area contributed by atoms with E-state index in [9.17, 15) is 23.9 Å². The highest BCUT2D eigenvalue weighted by Crippen LogP contribution is 2.27. The number of carbonyl (C=O) groups is 3. The van der Waals surface area contributed by atoms with Gasteiger partial charge in [-0.05, 0) is 72.1 Å². The van der Waals surface area contributed by atoms with E-state index in [1.54, 1.807) is 36.7 Å². The minimum atomic E-state index is -0.910. The van der Waals surface area contributed by atoms with Crippen LogP contribution in [-0.4, -0.2) is 33.9 Å². The van der Waals surface area contributed by atoms with Crippen molar-refractivity contribution in [3.63, 3.8) is 0 Å². The largest absolute Gasteiger partial charge is 0.481 e. The third-order valence-corrected chi connectivity index (χ3v) is 7.47. The summed E-state index contributed by atoms with van der Waals surface area (Å²) in [6.45, 7) is 7.64. The number of aliphatic carboxylic acids is 1. The van der Waals surface area contributed by atoms with E-state index in [4.69, 9.17) is 0 Å². The summed E-state index contributed by atoms with van der Waals surface area (Å²) in [7, 11) is 0. The molecule has 3 aromatic rings. The Hall–Kier alpha value is -4.07. The lowest BCUT2D eigenvalue weighted by molar-refractivity contribution is -0.143. The summed E-state index contributed by atoms with van der Waals surface area (Å²) >= 11 is 0. The number of pyridine rings is 1. The van der Waals surface area contributed by atoms with Gasteiger partial charge in [0.05, 0.1) is 5.92 Å². The lowest BCUT2D eigenvalue weighted by Crippen LogP contribution is -2.53. The van der Waals surface area contributed by atoms with Gasteiger partial charge in [-0.3, -0.25) is 19.4 Å². The van der Waals surface area contributed by atoms with Crippen molar-refractivity contribution in [1.29, 1.82) is 0 Å². The number of benzene rings is 2. The Morgan fingerprint density at radius 2 is 1.45 bits per heavy atom. The second-order valence-corrected chi connectivity index (χ2v) is 11.9. The molecule has 1 heterocycles. The van der Waals surface area contributed by atoms with Gasteiger partial charge >= 0.3 is 5.97 Å². The maximum absolute atomic E-state index is 13.8. The second-order valence-electron chi connectivity index (χ2n) is 11.9. The number of carbonyl (C=O) groups excluding carboxylic acids is 2. The number of aryl methyl sites for hydroxylation is 1. The number of unbranched alkanes of at least 4 members (excludes halogenated alkanes) is 1. The molecular formula is C34H42FN3O4.